The fourth-order valence-corrected chi connectivity index (χ4v) is 3.29. The Morgan fingerprint density at radius 3 is 2.24 bits per heavy atom. The maximum absolute atomic E-state index is 9.89. The smallest absolute Gasteiger partial charge is 0.231 e. The number of benzene rings is 2. The number of aliphatic hydroxyl groups is 1. The van der Waals surface area contributed by atoms with Gasteiger partial charge in [-0.3, -0.25) is 10.4 Å². The van der Waals surface area contributed by atoms with Crippen molar-refractivity contribution in [2.75, 3.05) is 22.6 Å². The number of hydrogen-bond acceptors (Lipinski definition) is 8. The quantitative estimate of drug-likeness (QED) is 0.211. The molecule has 0 aliphatic rings. The molecule has 0 spiro atoms. The first-order chi connectivity index (χ1) is 16.6. The Kier molecular flexibility index (Phi) is 7.42. The number of hydrazone groups is 1. The minimum Gasteiger partial charge on any atom is -0.392 e. The SMILES string of the molecule is CC(=NNc1nc(Nc2ccccc2)nc(NCC(C)O)c1-c1ccccc1)c1ccncc1. The molecule has 0 bridgehead atoms. The zero-order chi connectivity index (χ0) is 23.8. The van der Waals surface area contributed by atoms with E-state index >= 15 is 0 Å². The Balaban J connectivity index is 1.79. The van der Waals surface area contributed by atoms with Crippen LogP contribution in [0, 0.1) is 0 Å². The third-order valence-corrected chi connectivity index (χ3v) is 4.99. The number of hydrogen-bond donors (Lipinski definition) is 4. The summed E-state index contributed by atoms with van der Waals surface area (Å²) < 4.78 is 0. The van der Waals surface area contributed by atoms with Gasteiger partial charge in [0.15, 0.2) is 5.82 Å². The number of rotatable bonds is 9. The average Bonchev–Trinajstić information content (AvgIpc) is 2.87. The van der Waals surface area contributed by atoms with Crippen molar-refractivity contribution >= 4 is 29.0 Å². The molecule has 4 aromatic rings. The van der Waals surface area contributed by atoms with E-state index in [2.05, 4.69) is 26.1 Å². The van der Waals surface area contributed by atoms with Crippen molar-refractivity contribution in [2.45, 2.75) is 20.0 Å². The van der Waals surface area contributed by atoms with Crippen molar-refractivity contribution in [3.63, 3.8) is 0 Å². The van der Waals surface area contributed by atoms with Gasteiger partial charge in [-0.2, -0.15) is 15.1 Å². The second-order valence-corrected chi connectivity index (χ2v) is 7.75. The van der Waals surface area contributed by atoms with Crippen LogP contribution in [0.15, 0.2) is 90.3 Å². The summed E-state index contributed by atoms with van der Waals surface area (Å²) in [5.41, 5.74) is 7.41. The standard InChI is InChI=1S/C26H27N7O/c1-18(34)17-28-24-23(21-9-5-3-6-10-21)25(33-32-19(2)20-13-15-27-16-14-20)31-26(30-24)29-22-11-7-4-8-12-22/h3-16,18,34H,17H2,1-2H3,(H3,28,29,30,31,33). The van der Waals surface area contributed by atoms with Crippen molar-refractivity contribution in [1.82, 2.24) is 15.0 Å². The largest absolute Gasteiger partial charge is 0.392 e. The Morgan fingerprint density at radius 1 is 0.912 bits per heavy atom. The van der Waals surface area contributed by atoms with E-state index < -0.39 is 6.10 Å². The molecular weight excluding hydrogens is 426 g/mol. The minimum atomic E-state index is -0.549. The minimum absolute atomic E-state index is 0.334. The maximum atomic E-state index is 9.89. The summed E-state index contributed by atoms with van der Waals surface area (Å²) in [6.45, 7) is 3.98. The molecule has 2 aromatic carbocycles. The summed E-state index contributed by atoms with van der Waals surface area (Å²) in [5, 5.41) is 21.0. The van der Waals surface area contributed by atoms with E-state index in [-0.39, 0.29) is 0 Å². The van der Waals surface area contributed by atoms with Crippen molar-refractivity contribution in [3.05, 3.63) is 90.8 Å². The van der Waals surface area contributed by atoms with Gasteiger partial charge < -0.3 is 15.7 Å². The normalized spacial score (nSPS) is 12.1. The van der Waals surface area contributed by atoms with Gasteiger partial charge in [0.1, 0.15) is 5.82 Å². The number of para-hydroxylation sites is 1. The summed E-state index contributed by atoms with van der Waals surface area (Å²) >= 11 is 0. The first-order valence-corrected chi connectivity index (χ1v) is 11.0. The van der Waals surface area contributed by atoms with Crippen LogP contribution < -0.4 is 16.1 Å². The van der Waals surface area contributed by atoms with Crippen LogP contribution in [0.1, 0.15) is 19.4 Å². The molecule has 4 rings (SSSR count). The van der Waals surface area contributed by atoms with E-state index in [9.17, 15) is 5.11 Å². The van der Waals surface area contributed by atoms with Crippen molar-refractivity contribution in [2.24, 2.45) is 5.10 Å². The molecule has 0 aliphatic carbocycles. The summed E-state index contributed by atoms with van der Waals surface area (Å²) in [6.07, 6.45) is 2.91. The molecule has 0 radical (unpaired) electrons. The van der Waals surface area contributed by atoms with Crippen LogP contribution in [0.2, 0.25) is 0 Å². The van der Waals surface area contributed by atoms with Gasteiger partial charge in [-0.1, -0.05) is 48.5 Å². The highest BCUT2D eigenvalue weighted by Gasteiger charge is 2.17. The van der Waals surface area contributed by atoms with E-state index in [4.69, 9.17) is 9.97 Å². The van der Waals surface area contributed by atoms with Crippen LogP contribution in [-0.2, 0) is 0 Å². The highest BCUT2D eigenvalue weighted by Crippen LogP contribution is 2.34. The van der Waals surface area contributed by atoms with E-state index in [1.807, 2.05) is 79.7 Å². The predicted octanol–water partition coefficient (Wildman–Crippen LogP) is 4.91. The number of nitrogens with zero attached hydrogens (tertiary/aromatic N) is 4. The fraction of sp³-hybridized carbons (Fsp3) is 0.154. The summed E-state index contributed by atoms with van der Waals surface area (Å²) in [4.78, 5) is 13.5. The Labute approximate surface area is 198 Å². The van der Waals surface area contributed by atoms with Crippen LogP contribution in [0.5, 0.6) is 0 Å². The van der Waals surface area contributed by atoms with Gasteiger partial charge in [0.25, 0.3) is 0 Å². The highest BCUT2D eigenvalue weighted by molar-refractivity contribution is 5.99. The molecule has 172 valence electrons. The van der Waals surface area contributed by atoms with Crippen LogP contribution >= 0.6 is 0 Å². The zero-order valence-corrected chi connectivity index (χ0v) is 19.1. The van der Waals surface area contributed by atoms with Crippen LogP contribution in [0.4, 0.5) is 23.3 Å². The van der Waals surface area contributed by atoms with Crippen molar-refractivity contribution in [3.8, 4) is 11.1 Å². The van der Waals surface area contributed by atoms with Gasteiger partial charge in [0.2, 0.25) is 5.95 Å². The Hall–Kier alpha value is -4.30. The topological polar surface area (TPSA) is 107 Å². The van der Waals surface area contributed by atoms with Crippen LogP contribution in [-0.4, -0.2) is 38.4 Å². The van der Waals surface area contributed by atoms with Crippen molar-refractivity contribution < 1.29 is 5.11 Å². The molecule has 0 saturated heterocycles. The molecule has 0 amide bonds. The van der Waals surface area contributed by atoms with Gasteiger partial charge in [-0.25, -0.2) is 0 Å². The van der Waals surface area contributed by atoms with Gasteiger partial charge >= 0.3 is 0 Å². The lowest BCUT2D eigenvalue weighted by atomic mass is 10.1. The lowest BCUT2D eigenvalue weighted by Crippen LogP contribution is -2.18. The number of aliphatic hydroxyl groups excluding tert-OH is 1. The van der Waals surface area contributed by atoms with Gasteiger partial charge in [-0.05, 0) is 43.7 Å². The lowest BCUT2D eigenvalue weighted by molar-refractivity contribution is 0.208. The van der Waals surface area contributed by atoms with Gasteiger partial charge in [-0.15, -0.1) is 0 Å². The predicted molar refractivity (Wildman–Crippen MR) is 137 cm³/mol. The average molecular weight is 454 g/mol. The van der Waals surface area contributed by atoms with E-state index in [1.165, 1.54) is 0 Å². The molecular formula is C26H27N7O. The lowest BCUT2D eigenvalue weighted by Gasteiger charge is -2.18. The van der Waals surface area contributed by atoms with Gasteiger partial charge in [0, 0.05) is 30.2 Å². The molecule has 1 unspecified atom stereocenters. The number of nitrogens with one attached hydrogen (secondary N) is 3. The maximum Gasteiger partial charge on any atom is 0.231 e. The number of anilines is 4. The molecule has 0 fully saturated rings. The summed E-state index contributed by atoms with van der Waals surface area (Å²) in [7, 11) is 0. The monoisotopic (exact) mass is 453 g/mol. The zero-order valence-electron chi connectivity index (χ0n) is 19.1. The third kappa shape index (κ3) is 5.93. The molecule has 0 saturated carbocycles. The second kappa shape index (κ2) is 11.0. The third-order valence-electron chi connectivity index (χ3n) is 4.99. The Bertz CT molecular complexity index is 1230. The number of pyridine rings is 1. The summed E-state index contributed by atoms with van der Waals surface area (Å²) in [5.74, 6) is 1.51. The van der Waals surface area contributed by atoms with E-state index in [0.717, 1.165) is 28.1 Å². The molecule has 34 heavy (non-hydrogen) atoms. The molecule has 2 heterocycles. The molecule has 4 N–H and O–H groups in total. The molecule has 8 heteroatoms. The first-order valence-electron chi connectivity index (χ1n) is 11.0. The van der Waals surface area contributed by atoms with E-state index in [0.29, 0.717) is 24.1 Å². The second-order valence-electron chi connectivity index (χ2n) is 7.75. The van der Waals surface area contributed by atoms with Crippen molar-refractivity contribution in [1.29, 1.82) is 0 Å². The highest BCUT2D eigenvalue weighted by atomic mass is 16.3. The number of aromatic nitrogens is 3. The molecule has 1 atom stereocenters. The van der Waals surface area contributed by atoms with Crippen LogP contribution in [0.3, 0.4) is 0 Å². The molecule has 8 nitrogen and oxygen atoms in total. The van der Waals surface area contributed by atoms with Gasteiger partial charge in [0.05, 0.1) is 17.4 Å². The fourth-order valence-electron chi connectivity index (χ4n) is 3.29. The summed E-state index contributed by atoms with van der Waals surface area (Å²) in [6, 6.07) is 23.4. The first kappa shape index (κ1) is 22.9. The van der Waals surface area contributed by atoms with E-state index in [1.54, 1.807) is 19.3 Å². The molecule has 2 aromatic heterocycles. The molecule has 0 aliphatic heterocycles. The Morgan fingerprint density at radius 2 is 1.56 bits per heavy atom. The van der Waals surface area contributed by atoms with Crippen LogP contribution in [0.25, 0.3) is 11.1 Å².